The van der Waals surface area contributed by atoms with Crippen LogP contribution in [0.3, 0.4) is 0 Å². The van der Waals surface area contributed by atoms with Crippen LogP contribution in [-0.2, 0) is 11.2 Å². The van der Waals surface area contributed by atoms with Crippen molar-refractivity contribution in [3.8, 4) is 0 Å². The van der Waals surface area contributed by atoms with Crippen molar-refractivity contribution in [1.82, 2.24) is 5.32 Å². The zero-order valence-corrected chi connectivity index (χ0v) is 10.5. The van der Waals surface area contributed by atoms with E-state index in [0.717, 1.165) is 17.3 Å². The van der Waals surface area contributed by atoms with Crippen molar-refractivity contribution in [1.29, 1.82) is 0 Å². The van der Waals surface area contributed by atoms with Gasteiger partial charge in [0.25, 0.3) is 0 Å². The highest BCUT2D eigenvalue weighted by Gasteiger charge is 2.06. The molecule has 1 unspecified atom stereocenters. The Labute approximate surface area is 99.2 Å². The van der Waals surface area contributed by atoms with Crippen molar-refractivity contribution in [2.24, 2.45) is 0 Å². The Morgan fingerprint density at radius 2 is 2.07 bits per heavy atom. The minimum Gasteiger partial charge on any atom is -0.353 e. The topological polar surface area (TPSA) is 29.1 Å². The van der Waals surface area contributed by atoms with E-state index in [2.05, 4.69) is 21.2 Å². The maximum absolute atomic E-state index is 11.6. The lowest BCUT2D eigenvalue weighted by Gasteiger charge is -2.12. The van der Waals surface area contributed by atoms with Gasteiger partial charge in [0, 0.05) is 11.4 Å². The predicted octanol–water partition coefficient (Wildman–Crippen LogP) is 2.52. The fourth-order valence-corrected chi connectivity index (χ4v) is 2.03. The van der Waals surface area contributed by atoms with Gasteiger partial charge in [-0.3, -0.25) is 4.79 Å². The average molecular weight is 270 g/mol. The molecule has 1 atom stereocenters. The number of carbonyl (C=O) groups excluding carboxylic acids is 1. The number of alkyl halides is 1. The van der Waals surface area contributed by atoms with Crippen LogP contribution in [0.5, 0.6) is 0 Å². The summed E-state index contributed by atoms with van der Waals surface area (Å²) in [4.78, 5) is 11.6. The van der Waals surface area contributed by atoms with Crippen LogP contribution in [0.4, 0.5) is 0 Å². The molecule has 1 amide bonds. The Bertz CT molecular complexity index is 300. The van der Waals surface area contributed by atoms with E-state index in [4.69, 9.17) is 0 Å². The highest BCUT2D eigenvalue weighted by molar-refractivity contribution is 9.09. The lowest BCUT2D eigenvalue weighted by Crippen LogP contribution is -2.33. The van der Waals surface area contributed by atoms with Gasteiger partial charge in [-0.25, -0.2) is 0 Å². The molecule has 0 saturated carbocycles. The minimum atomic E-state index is 0.0923. The maximum atomic E-state index is 11.6. The van der Waals surface area contributed by atoms with Gasteiger partial charge in [-0.15, -0.1) is 0 Å². The summed E-state index contributed by atoms with van der Waals surface area (Å²) in [5, 5.41) is 3.88. The van der Waals surface area contributed by atoms with Crippen LogP contribution in [-0.4, -0.2) is 17.3 Å². The van der Waals surface area contributed by atoms with Crippen LogP contribution < -0.4 is 5.32 Å². The molecule has 1 rings (SSSR count). The summed E-state index contributed by atoms with van der Waals surface area (Å²) in [6.45, 7) is 2.02. The highest BCUT2D eigenvalue weighted by atomic mass is 79.9. The summed E-state index contributed by atoms with van der Waals surface area (Å²) in [5.74, 6) is 0.0923. The summed E-state index contributed by atoms with van der Waals surface area (Å²) < 4.78 is 0. The number of nitrogens with one attached hydrogen (secondary N) is 1. The Kier molecular flexibility index (Phi) is 5.40. The standard InChI is InChI=1S/C12H16BrNO/c1-10(7-8-13)14-12(15)9-11-5-3-2-4-6-11/h2-6,10H,7-9H2,1H3,(H,14,15). The molecule has 0 aliphatic heterocycles. The van der Waals surface area contributed by atoms with Gasteiger partial charge in [0.15, 0.2) is 0 Å². The normalized spacial score (nSPS) is 12.1. The molecular formula is C12H16BrNO. The number of benzene rings is 1. The van der Waals surface area contributed by atoms with Crippen molar-refractivity contribution >= 4 is 21.8 Å². The van der Waals surface area contributed by atoms with Crippen molar-refractivity contribution in [2.75, 3.05) is 5.33 Å². The zero-order chi connectivity index (χ0) is 11.1. The summed E-state index contributed by atoms with van der Waals surface area (Å²) in [5.41, 5.74) is 1.06. The zero-order valence-electron chi connectivity index (χ0n) is 8.87. The Hall–Kier alpha value is -0.830. The van der Waals surface area contributed by atoms with Crippen molar-refractivity contribution in [3.63, 3.8) is 0 Å². The van der Waals surface area contributed by atoms with Crippen LogP contribution in [0, 0.1) is 0 Å². The van der Waals surface area contributed by atoms with Gasteiger partial charge in [-0.1, -0.05) is 46.3 Å². The first-order chi connectivity index (χ1) is 7.22. The fourth-order valence-electron chi connectivity index (χ4n) is 1.34. The first-order valence-electron chi connectivity index (χ1n) is 5.11. The largest absolute Gasteiger partial charge is 0.353 e. The van der Waals surface area contributed by atoms with Gasteiger partial charge in [0.05, 0.1) is 6.42 Å². The predicted molar refractivity (Wildman–Crippen MR) is 66.2 cm³/mol. The summed E-state index contributed by atoms with van der Waals surface area (Å²) in [7, 11) is 0. The Balaban J connectivity index is 2.36. The van der Waals surface area contributed by atoms with Crippen LogP contribution in [0.15, 0.2) is 30.3 Å². The molecule has 0 radical (unpaired) electrons. The highest BCUT2D eigenvalue weighted by Crippen LogP contribution is 2.00. The van der Waals surface area contributed by atoms with Crippen LogP contribution >= 0.6 is 15.9 Å². The summed E-state index contributed by atoms with van der Waals surface area (Å²) in [6.07, 6.45) is 1.42. The molecule has 3 heteroatoms. The van der Waals surface area contributed by atoms with Crippen molar-refractivity contribution in [2.45, 2.75) is 25.8 Å². The molecule has 15 heavy (non-hydrogen) atoms. The van der Waals surface area contributed by atoms with Gasteiger partial charge in [0.1, 0.15) is 0 Å². The quantitative estimate of drug-likeness (QED) is 0.818. The van der Waals surface area contributed by atoms with Gasteiger partial charge in [-0.05, 0) is 18.9 Å². The van der Waals surface area contributed by atoms with E-state index < -0.39 is 0 Å². The van der Waals surface area contributed by atoms with Crippen LogP contribution in [0.1, 0.15) is 18.9 Å². The second-order valence-corrected chi connectivity index (χ2v) is 4.40. The number of halogens is 1. The summed E-state index contributed by atoms with van der Waals surface area (Å²) >= 11 is 3.36. The van der Waals surface area contributed by atoms with Crippen molar-refractivity contribution in [3.05, 3.63) is 35.9 Å². The van der Waals surface area contributed by atoms with Gasteiger partial charge >= 0.3 is 0 Å². The molecule has 0 aliphatic carbocycles. The minimum absolute atomic E-state index is 0.0923. The number of amides is 1. The van der Waals surface area contributed by atoms with E-state index in [1.807, 2.05) is 37.3 Å². The molecule has 0 fully saturated rings. The second-order valence-electron chi connectivity index (χ2n) is 3.61. The molecule has 0 spiro atoms. The average Bonchev–Trinajstić information content (AvgIpc) is 2.19. The van der Waals surface area contributed by atoms with Gasteiger partial charge in [0.2, 0.25) is 5.91 Å². The smallest absolute Gasteiger partial charge is 0.224 e. The Morgan fingerprint density at radius 3 is 2.67 bits per heavy atom. The van der Waals surface area contributed by atoms with Crippen molar-refractivity contribution < 1.29 is 4.79 Å². The molecule has 1 aromatic rings. The van der Waals surface area contributed by atoms with E-state index >= 15 is 0 Å². The maximum Gasteiger partial charge on any atom is 0.224 e. The van der Waals surface area contributed by atoms with E-state index in [1.165, 1.54) is 0 Å². The molecule has 1 N–H and O–H groups in total. The first kappa shape index (κ1) is 12.2. The third-order valence-electron chi connectivity index (χ3n) is 2.16. The number of carbonyl (C=O) groups is 1. The first-order valence-corrected chi connectivity index (χ1v) is 6.23. The molecular weight excluding hydrogens is 254 g/mol. The monoisotopic (exact) mass is 269 g/mol. The molecule has 0 aliphatic rings. The van der Waals surface area contributed by atoms with E-state index in [0.29, 0.717) is 6.42 Å². The second kappa shape index (κ2) is 6.62. The number of rotatable bonds is 5. The third-order valence-corrected chi connectivity index (χ3v) is 2.61. The molecule has 1 aromatic carbocycles. The van der Waals surface area contributed by atoms with Crippen LogP contribution in [0.25, 0.3) is 0 Å². The summed E-state index contributed by atoms with van der Waals surface area (Å²) in [6, 6.07) is 10.0. The number of hydrogen-bond donors (Lipinski definition) is 1. The van der Waals surface area contributed by atoms with Gasteiger partial charge in [-0.2, -0.15) is 0 Å². The fraction of sp³-hybridized carbons (Fsp3) is 0.417. The van der Waals surface area contributed by atoms with Crippen LogP contribution in [0.2, 0.25) is 0 Å². The lowest BCUT2D eigenvalue weighted by atomic mass is 10.1. The van der Waals surface area contributed by atoms with Gasteiger partial charge < -0.3 is 5.32 Å². The molecule has 82 valence electrons. The molecule has 0 aromatic heterocycles. The lowest BCUT2D eigenvalue weighted by molar-refractivity contribution is -0.121. The number of hydrogen-bond acceptors (Lipinski definition) is 1. The van der Waals surface area contributed by atoms with E-state index in [-0.39, 0.29) is 11.9 Å². The Morgan fingerprint density at radius 1 is 1.40 bits per heavy atom. The SMILES string of the molecule is CC(CCBr)NC(=O)Cc1ccccc1. The molecule has 0 saturated heterocycles. The van der Waals surface area contributed by atoms with E-state index in [1.54, 1.807) is 0 Å². The molecule has 2 nitrogen and oxygen atoms in total. The third kappa shape index (κ3) is 4.98. The van der Waals surface area contributed by atoms with E-state index in [9.17, 15) is 4.79 Å². The molecule has 0 heterocycles. The molecule has 0 bridgehead atoms.